The number of anilines is 1. The van der Waals surface area contributed by atoms with E-state index < -0.39 is 0 Å². The van der Waals surface area contributed by atoms with Crippen molar-refractivity contribution in [2.75, 3.05) is 18.0 Å². The summed E-state index contributed by atoms with van der Waals surface area (Å²) >= 11 is 0. The highest BCUT2D eigenvalue weighted by atomic mass is 16.1. The summed E-state index contributed by atoms with van der Waals surface area (Å²) in [6.45, 7) is 4.78. The standard InChI is InChI=1S/C21H27N5O/c1-14-12-19(23-21(22-14)17-4-5-17)25-10-8-15(9-11-25)13-26-20(27)7-6-18(24-26)16-2-3-16/h6-7,12,15-17H,2-5,8-11,13H2,1H3. The van der Waals surface area contributed by atoms with Gasteiger partial charge in [0.2, 0.25) is 0 Å². The molecule has 3 aliphatic rings. The maximum Gasteiger partial charge on any atom is 0.266 e. The predicted molar refractivity (Wildman–Crippen MR) is 104 cm³/mol. The molecule has 6 heteroatoms. The number of aromatic nitrogens is 4. The molecule has 0 aromatic carbocycles. The molecule has 2 aromatic rings. The van der Waals surface area contributed by atoms with Gasteiger partial charge < -0.3 is 4.90 Å². The lowest BCUT2D eigenvalue weighted by Gasteiger charge is -2.33. The van der Waals surface area contributed by atoms with Gasteiger partial charge in [0.05, 0.1) is 5.69 Å². The zero-order valence-corrected chi connectivity index (χ0v) is 16.0. The van der Waals surface area contributed by atoms with Crippen LogP contribution in [0.3, 0.4) is 0 Å². The highest BCUT2D eigenvalue weighted by Gasteiger charge is 2.29. The highest BCUT2D eigenvalue weighted by molar-refractivity contribution is 5.41. The average Bonchev–Trinajstić information content (AvgIpc) is 3.56. The molecule has 142 valence electrons. The first kappa shape index (κ1) is 16.9. The Labute approximate surface area is 159 Å². The van der Waals surface area contributed by atoms with Gasteiger partial charge in [0.1, 0.15) is 11.6 Å². The van der Waals surface area contributed by atoms with Crippen LogP contribution in [0.2, 0.25) is 0 Å². The third kappa shape index (κ3) is 3.75. The van der Waals surface area contributed by atoms with E-state index in [-0.39, 0.29) is 5.56 Å². The molecule has 1 saturated heterocycles. The minimum absolute atomic E-state index is 0.0299. The van der Waals surface area contributed by atoms with Gasteiger partial charge in [-0.3, -0.25) is 4.79 Å². The van der Waals surface area contributed by atoms with E-state index in [4.69, 9.17) is 4.98 Å². The molecule has 1 aliphatic heterocycles. The van der Waals surface area contributed by atoms with Gasteiger partial charge in [-0.15, -0.1) is 0 Å². The topological polar surface area (TPSA) is 63.9 Å². The third-order valence-electron chi connectivity index (χ3n) is 6.05. The maximum absolute atomic E-state index is 12.2. The van der Waals surface area contributed by atoms with Crippen LogP contribution in [0.5, 0.6) is 0 Å². The fourth-order valence-corrected chi connectivity index (χ4v) is 4.04. The summed E-state index contributed by atoms with van der Waals surface area (Å²) in [7, 11) is 0. The maximum atomic E-state index is 12.2. The van der Waals surface area contributed by atoms with Crippen LogP contribution in [0.15, 0.2) is 23.0 Å². The molecular formula is C21H27N5O. The molecule has 0 N–H and O–H groups in total. The van der Waals surface area contributed by atoms with Crippen molar-refractivity contribution in [2.45, 2.75) is 63.8 Å². The minimum atomic E-state index is 0.0299. The minimum Gasteiger partial charge on any atom is -0.356 e. The van der Waals surface area contributed by atoms with Crippen molar-refractivity contribution < 1.29 is 0 Å². The van der Waals surface area contributed by atoms with E-state index in [9.17, 15) is 4.79 Å². The van der Waals surface area contributed by atoms with E-state index >= 15 is 0 Å². The Morgan fingerprint density at radius 3 is 2.44 bits per heavy atom. The van der Waals surface area contributed by atoms with Gasteiger partial charge in [0, 0.05) is 49.3 Å². The first-order chi connectivity index (χ1) is 13.2. The van der Waals surface area contributed by atoms with Crippen LogP contribution < -0.4 is 10.5 Å². The predicted octanol–water partition coefficient (Wildman–Crippen LogP) is 3.01. The molecule has 0 unspecified atom stereocenters. The third-order valence-corrected chi connectivity index (χ3v) is 6.05. The average molecular weight is 365 g/mol. The number of nitrogens with zero attached hydrogens (tertiary/aromatic N) is 5. The molecule has 3 heterocycles. The van der Waals surface area contributed by atoms with Crippen molar-refractivity contribution in [1.82, 2.24) is 19.7 Å². The number of aryl methyl sites for hydroxylation is 1. The molecule has 0 bridgehead atoms. The van der Waals surface area contributed by atoms with Crippen LogP contribution in [0.25, 0.3) is 0 Å². The van der Waals surface area contributed by atoms with Crippen molar-refractivity contribution in [3.05, 3.63) is 45.8 Å². The number of hydrogen-bond acceptors (Lipinski definition) is 5. The van der Waals surface area contributed by atoms with Crippen LogP contribution in [-0.2, 0) is 6.54 Å². The Balaban J connectivity index is 1.24. The first-order valence-corrected chi connectivity index (χ1v) is 10.3. The molecule has 3 fully saturated rings. The van der Waals surface area contributed by atoms with E-state index in [0.29, 0.717) is 17.8 Å². The molecule has 2 aliphatic carbocycles. The number of rotatable bonds is 5. The Morgan fingerprint density at radius 1 is 1.00 bits per heavy atom. The fraction of sp³-hybridized carbons (Fsp3) is 0.619. The fourth-order valence-electron chi connectivity index (χ4n) is 4.04. The molecule has 2 aromatic heterocycles. The summed E-state index contributed by atoms with van der Waals surface area (Å²) < 4.78 is 1.70. The summed E-state index contributed by atoms with van der Waals surface area (Å²) in [5.41, 5.74) is 2.19. The summed E-state index contributed by atoms with van der Waals surface area (Å²) in [5, 5.41) is 4.63. The van der Waals surface area contributed by atoms with Gasteiger partial charge in [-0.25, -0.2) is 14.6 Å². The monoisotopic (exact) mass is 365 g/mol. The van der Waals surface area contributed by atoms with Crippen molar-refractivity contribution in [3.8, 4) is 0 Å². The second-order valence-electron chi connectivity index (χ2n) is 8.48. The summed E-state index contributed by atoms with van der Waals surface area (Å²) in [5.74, 6) is 3.78. The van der Waals surface area contributed by atoms with E-state index in [0.717, 1.165) is 55.5 Å². The zero-order chi connectivity index (χ0) is 18.4. The zero-order valence-electron chi connectivity index (χ0n) is 16.0. The van der Waals surface area contributed by atoms with Crippen molar-refractivity contribution in [1.29, 1.82) is 0 Å². The van der Waals surface area contributed by atoms with E-state index in [2.05, 4.69) is 28.0 Å². The largest absolute Gasteiger partial charge is 0.356 e. The van der Waals surface area contributed by atoms with Crippen LogP contribution in [0.1, 0.15) is 67.6 Å². The van der Waals surface area contributed by atoms with Crippen LogP contribution in [0.4, 0.5) is 5.82 Å². The lowest BCUT2D eigenvalue weighted by atomic mass is 9.97. The van der Waals surface area contributed by atoms with Gasteiger partial charge in [0.15, 0.2) is 0 Å². The summed E-state index contributed by atoms with van der Waals surface area (Å²) in [4.78, 5) is 24.0. The van der Waals surface area contributed by atoms with Gasteiger partial charge in [-0.2, -0.15) is 5.10 Å². The molecule has 2 saturated carbocycles. The van der Waals surface area contributed by atoms with E-state index in [1.54, 1.807) is 10.7 Å². The lowest BCUT2D eigenvalue weighted by Crippen LogP contribution is -2.37. The smallest absolute Gasteiger partial charge is 0.266 e. The normalized spacial score (nSPS) is 20.9. The van der Waals surface area contributed by atoms with Gasteiger partial charge in [0.25, 0.3) is 5.56 Å². The molecule has 5 rings (SSSR count). The molecule has 0 amide bonds. The lowest BCUT2D eigenvalue weighted by molar-refractivity contribution is 0.332. The van der Waals surface area contributed by atoms with Crippen LogP contribution >= 0.6 is 0 Å². The first-order valence-electron chi connectivity index (χ1n) is 10.3. The van der Waals surface area contributed by atoms with E-state index in [1.807, 2.05) is 6.07 Å². The SMILES string of the molecule is Cc1cc(N2CCC(Cn3nc(C4CC4)ccc3=O)CC2)nc(C2CC2)n1. The van der Waals surface area contributed by atoms with Gasteiger partial charge >= 0.3 is 0 Å². The van der Waals surface area contributed by atoms with Crippen molar-refractivity contribution in [3.63, 3.8) is 0 Å². The molecule has 0 atom stereocenters. The van der Waals surface area contributed by atoms with Crippen LogP contribution in [-0.4, -0.2) is 32.8 Å². The van der Waals surface area contributed by atoms with Crippen molar-refractivity contribution >= 4 is 5.82 Å². The second kappa shape index (κ2) is 6.73. The molecule has 0 spiro atoms. The Hall–Kier alpha value is -2.24. The summed E-state index contributed by atoms with van der Waals surface area (Å²) in [6, 6.07) is 5.71. The van der Waals surface area contributed by atoms with Gasteiger partial charge in [-0.05, 0) is 57.4 Å². The summed E-state index contributed by atoms with van der Waals surface area (Å²) in [6.07, 6.45) is 7.03. The second-order valence-corrected chi connectivity index (χ2v) is 8.48. The van der Waals surface area contributed by atoms with E-state index in [1.165, 1.54) is 25.7 Å². The molecule has 0 radical (unpaired) electrons. The number of piperidine rings is 1. The molecular weight excluding hydrogens is 338 g/mol. The Morgan fingerprint density at radius 2 is 1.74 bits per heavy atom. The van der Waals surface area contributed by atoms with Crippen molar-refractivity contribution in [2.24, 2.45) is 5.92 Å². The molecule has 27 heavy (non-hydrogen) atoms. The Kier molecular flexibility index (Phi) is 4.21. The molecule has 6 nitrogen and oxygen atoms in total. The van der Waals surface area contributed by atoms with Gasteiger partial charge in [-0.1, -0.05) is 0 Å². The quantitative estimate of drug-likeness (QED) is 0.815. The van der Waals surface area contributed by atoms with Crippen LogP contribution in [0, 0.1) is 12.8 Å². The highest BCUT2D eigenvalue weighted by Crippen LogP contribution is 2.39. The Bertz CT molecular complexity index is 892. The number of hydrogen-bond donors (Lipinski definition) is 0.